The van der Waals surface area contributed by atoms with Crippen LogP contribution in [0.2, 0.25) is 0 Å². The van der Waals surface area contributed by atoms with E-state index in [-0.39, 0.29) is 24.0 Å². The number of ether oxygens (including phenoxy) is 1. The van der Waals surface area contributed by atoms with Crippen LogP contribution in [-0.4, -0.2) is 59.6 Å². The maximum atomic E-state index is 13.4. The average Bonchev–Trinajstić information content (AvgIpc) is 3.32. The molecule has 214 valence electrons. The van der Waals surface area contributed by atoms with E-state index in [9.17, 15) is 19.6 Å². The molecule has 9 heteroatoms. The third-order valence-corrected chi connectivity index (χ3v) is 8.56. The number of carbonyl (C=O) groups excluding carboxylic acids is 3. The SMILES string of the molecule is N#Cc1ccccc1COc1ccc2ccccc2c1/C=C1\SC(=O)N(CC(=O)N2CCN(c3ccccc3)CC2)C1=O. The molecule has 0 bridgehead atoms. The number of nitrogens with zero attached hydrogens (tertiary/aromatic N) is 4. The molecular weight excluding hydrogens is 560 g/mol. The van der Waals surface area contributed by atoms with Crippen molar-refractivity contribution < 1.29 is 19.1 Å². The molecule has 3 amide bonds. The summed E-state index contributed by atoms with van der Waals surface area (Å²) in [4.78, 5) is 44.7. The number of carbonyl (C=O) groups is 3. The Bertz CT molecular complexity index is 1770. The zero-order valence-corrected chi connectivity index (χ0v) is 24.1. The summed E-state index contributed by atoms with van der Waals surface area (Å²) in [6, 6.07) is 30.9. The minimum atomic E-state index is -0.500. The van der Waals surface area contributed by atoms with Gasteiger partial charge in [-0.2, -0.15) is 5.26 Å². The number of piperazine rings is 1. The van der Waals surface area contributed by atoms with E-state index in [1.807, 2.05) is 78.9 Å². The van der Waals surface area contributed by atoms with Crippen LogP contribution >= 0.6 is 11.8 Å². The van der Waals surface area contributed by atoms with Crippen LogP contribution in [0.4, 0.5) is 10.5 Å². The second kappa shape index (κ2) is 12.4. The lowest BCUT2D eigenvalue weighted by molar-refractivity contribution is -0.136. The fourth-order valence-electron chi connectivity index (χ4n) is 5.32. The first-order valence-electron chi connectivity index (χ1n) is 14.0. The van der Waals surface area contributed by atoms with Gasteiger partial charge in [-0.1, -0.05) is 66.7 Å². The van der Waals surface area contributed by atoms with E-state index in [2.05, 4.69) is 11.0 Å². The molecule has 0 N–H and O–H groups in total. The highest BCUT2D eigenvalue weighted by molar-refractivity contribution is 8.18. The van der Waals surface area contributed by atoms with E-state index in [1.165, 1.54) is 0 Å². The van der Waals surface area contributed by atoms with Gasteiger partial charge in [0, 0.05) is 43.0 Å². The first kappa shape index (κ1) is 28.1. The highest BCUT2D eigenvalue weighted by Gasteiger charge is 2.38. The summed E-state index contributed by atoms with van der Waals surface area (Å²) in [6.45, 7) is 2.27. The number of hydrogen-bond acceptors (Lipinski definition) is 7. The molecule has 2 saturated heterocycles. The van der Waals surface area contributed by atoms with Crippen molar-refractivity contribution in [2.75, 3.05) is 37.6 Å². The molecule has 4 aromatic carbocycles. The Hall–Kier alpha value is -5.07. The smallest absolute Gasteiger partial charge is 0.294 e. The highest BCUT2D eigenvalue weighted by Crippen LogP contribution is 2.37. The monoisotopic (exact) mass is 588 g/mol. The van der Waals surface area contributed by atoms with Gasteiger partial charge in [0.05, 0.1) is 16.5 Å². The Balaban J connectivity index is 1.19. The Morgan fingerprint density at radius 2 is 1.60 bits per heavy atom. The van der Waals surface area contributed by atoms with Crippen molar-refractivity contribution in [3.8, 4) is 11.8 Å². The maximum absolute atomic E-state index is 13.4. The minimum absolute atomic E-state index is 0.163. The average molecular weight is 589 g/mol. The number of rotatable bonds is 7. The van der Waals surface area contributed by atoms with Crippen molar-refractivity contribution in [2.24, 2.45) is 0 Å². The summed E-state index contributed by atoms with van der Waals surface area (Å²) < 4.78 is 6.18. The number of hydrogen-bond donors (Lipinski definition) is 0. The van der Waals surface area contributed by atoms with E-state index in [0.29, 0.717) is 43.1 Å². The van der Waals surface area contributed by atoms with Crippen LogP contribution in [0.5, 0.6) is 5.75 Å². The quantitative estimate of drug-likeness (QED) is 0.257. The molecule has 6 rings (SSSR count). The van der Waals surface area contributed by atoms with Crippen LogP contribution in [0.25, 0.3) is 16.8 Å². The van der Waals surface area contributed by atoms with E-state index in [4.69, 9.17) is 4.74 Å². The fraction of sp³-hybridized carbons (Fsp3) is 0.176. The van der Waals surface area contributed by atoms with Crippen molar-refractivity contribution in [1.29, 1.82) is 5.26 Å². The summed E-state index contributed by atoms with van der Waals surface area (Å²) in [5, 5.41) is 10.8. The van der Waals surface area contributed by atoms with Crippen molar-refractivity contribution in [2.45, 2.75) is 6.61 Å². The lowest BCUT2D eigenvalue weighted by Gasteiger charge is -2.36. The fourth-order valence-corrected chi connectivity index (χ4v) is 6.14. The minimum Gasteiger partial charge on any atom is -0.488 e. The van der Waals surface area contributed by atoms with Crippen LogP contribution in [0.1, 0.15) is 16.7 Å². The van der Waals surface area contributed by atoms with Crippen molar-refractivity contribution >= 4 is 51.4 Å². The van der Waals surface area contributed by atoms with Crippen LogP contribution in [0.15, 0.2) is 95.9 Å². The van der Waals surface area contributed by atoms with Gasteiger partial charge in [-0.3, -0.25) is 19.3 Å². The van der Waals surface area contributed by atoms with E-state index in [0.717, 1.165) is 38.7 Å². The van der Waals surface area contributed by atoms with Gasteiger partial charge in [-0.15, -0.1) is 0 Å². The molecule has 0 atom stereocenters. The molecule has 2 fully saturated rings. The largest absolute Gasteiger partial charge is 0.488 e. The number of para-hydroxylation sites is 1. The molecular formula is C34H28N4O4S. The Kier molecular flexibility index (Phi) is 8.11. The van der Waals surface area contributed by atoms with E-state index in [1.54, 1.807) is 23.1 Å². The van der Waals surface area contributed by atoms with Gasteiger partial charge in [-0.25, -0.2) is 0 Å². The van der Waals surface area contributed by atoms with Gasteiger partial charge in [0.1, 0.15) is 18.9 Å². The molecule has 43 heavy (non-hydrogen) atoms. The molecule has 0 aliphatic carbocycles. The number of benzene rings is 4. The lowest BCUT2D eigenvalue weighted by Crippen LogP contribution is -2.51. The first-order chi connectivity index (χ1) is 21.0. The summed E-state index contributed by atoms with van der Waals surface area (Å²) in [5.41, 5.74) is 3.03. The number of nitriles is 1. The molecule has 2 aliphatic rings. The summed E-state index contributed by atoms with van der Waals surface area (Å²) in [7, 11) is 0. The second-order valence-electron chi connectivity index (χ2n) is 10.2. The van der Waals surface area contributed by atoms with Gasteiger partial charge < -0.3 is 14.5 Å². The Morgan fingerprint density at radius 1 is 0.884 bits per heavy atom. The molecule has 4 aromatic rings. The normalized spacial score (nSPS) is 16.2. The molecule has 2 heterocycles. The van der Waals surface area contributed by atoms with Crippen LogP contribution in [-0.2, 0) is 16.2 Å². The Labute approximate surface area is 253 Å². The first-order valence-corrected chi connectivity index (χ1v) is 14.8. The molecule has 0 aromatic heterocycles. The highest BCUT2D eigenvalue weighted by atomic mass is 32.2. The number of fused-ring (bicyclic) bond motifs is 1. The molecule has 0 spiro atoms. The van der Waals surface area contributed by atoms with Crippen molar-refractivity contribution in [1.82, 2.24) is 9.80 Å². The number of imide groups is 1. The summed E-state index contributed by atoms with van der Waals surface area (Å²) in [6.07, 6.45) is 1.67. The molecule has 0 saturated carbocycles. The molecule has 0 radical (unpaired) electrons. The van der Waals surface area contributed by atoms with Gasteiger partial charge in [0.2, 0.25) is 5.91 Å². The van der Waals surface area contributed by atoms with Gasteiger partial charge in [0.15, 0.2) is 0 Å². The van der Waals surface area contributed by atoms with Crippen LogP contribution < -0.4 is 9.64 Å². The summed E-state index contributed by atoms with van der Waals surface area (Å²) >= 11 is 0.822. The predicted molar refractivity (Wildman–Crippen MR) is 167 cm³/mol. The van der Waals surface area contributed by atoms with Crippen LogP contribution in [0.3, 0.4) is 0 Å². The lowest BCUT2D eigenvalue weighted by atomic mass is 10.0. The van der Waals surface area contributed by atoms with Gasteiger partial charge in [-0.05, 0) is 52.9 Å². The zero-order chi connectivity index (χ0) is 29.8. The third-order valence-electron chi connectivity index (χ3n) is 7.65. The van der Waals surface area contributed by atoms with Crippen LogP contribution in [0, 0.1) is 11.3 Å². The topological polar surface area (TPSA) is 93.9 Å². The van der Waals surface area contributed by atoms with Crippen molar-refractivity contribution in [3.05, 3.63) is 113 Å². The van der Waals surface area contributed by atoms with Gasteiger partial charge in [0.25, 0.3) is 11.1 Å². The van der Waals surface area contributed by atoms with Crippen molar-refractivity contribution in [3.63, 3.8) is 0 Å². The molecule has 8 nitrogen and oxygen atoms in total. The maximum Gasteiger partial charge on any atom is 0.294 e. The van der Waals surface area contributed by atoms with E-state index >= 15 is 0 Å². The molecule has 0 unspecified atom stereocenters. The second-order valence-corrected chi connectivity index (χ2v) is 11.2. The number of anilines is 1. The van der Waals surface area contributed by atoms with E-state index < -0.39 is 11.1 Å². The zero-order valence-electron chi connectivity index (χ0n) is 23.3. The summed E-state index contributed by atoms with van der Waals surface area (Å²) in [5.74, 6) is -0.229. The number of amides is 3. The number of thioether (sulfide) groups is 1. The predicted octanol–water partition coefficient (Wildman–Crippen LogP) is 5.68. The standard InChI is InChI=1S/C34H28N4O4S/c35-21-25-9-4-5-10-26(25)23-42-30-15-14-24-8-6-7-13-28(24)29(30)20-31-33(40)38(34(41)43-31)22-32(39)37-18-16-36(17-19-37)27-11-2-1-3-12-27/h1-15,20H,16-19,22-23H2/b31-20-. The van der Waals surface area contributed by atoms with Gasteiger partial charge >= 0.3 is 0 Å². The molecule has 2 aliphatic heterocycles. The Morgan fingerprint density at radius 3 is 2.40 bits per heavy atom. The third kappa shape index (κ3) is 5.96.